The second-order valence-corrected chi connectivity index (χ2v) is 6.49. The number of carbonyl (C=O) groups is 1. The molecule has 2 heterocycles. The molecule has 0 spiro atoms. The van der Waals surface area contributed by atoms with E-state index >= 15 is 0 Å². The summed E-state index contributed by atoms with van der Waals surface area (Å²) in [6.07, 6.45) is 5.77. The second kappa shape index (κ2) is 7.91. The van der Waals surface area contributed by atoms with Crippen LogP contribution in [0.1, 0.15) is 23.2 Å². The van der Waals surface area contributed by atoms with Gasteiger partial charge in [-0.05, 0) is 43.2 Å². The Morgan fingerprint density at radius 1 is 0.963 bits per heavy atom. The summed E-state index contributed by atoms with van der Waals surface area (Å²) in [5, 5.41) is 2.94. The summed E-state index contributed by atoms with van der Waals surface area (Å²) in [6, 6.07) is 18.8. The molecule has 1 aromatic heterocycles. The molecule has 27 heavy (non-hydrogen) atoms. The van der Waals surface area contributed by atoms with Gasteiger partial charge in [0.05, 0.1) is 23.1 Å². The van der Waals surface area contributed by atoms with Gasteiger partial charge in [-0.2, -0.15) is 0 Å². The molecule has 1 aliphatic heterocycles. The number of hydrogen-bond acceptors (Lipinski definition) is 4. The van der Waals surface area contributed by atoms with Gasteiger partial charge in [0.15, 0.2) is 5.75 Å². The van der Waals surface area contributed by atoms with E-state index in [1.54, 1.807) is 6.20 Å². The number of rotatable bonds is 5. The van der Waals surface area contributed by atoms with E-state index in [4.69, 9.17) is 4.74 Å². The molecule has 1 aliphatic rings. The lowest BCUT2D eigenvalue weighted by atomic mass is 10.2. The molecule has 1 amide bonds. The number of carbonyl (C=O) groups excluding carboxylic acids is 1. The predicted octanol–water partition coefficient (Wildman–Crippen LogP) is 4.73. The van der Waals surface area contributed by atoms with Crippen LogP contribution < -0.4 is 15.0 Å². The maximum absolute atomic E-state index is 12.8. The molecule has 0 bridgehead atoms. The lowest BCUT2D eigenvalue weighted by Crippen LogP contribution is -2.19. The first kappa shape index (κ1) is 17.1. The van der Waals surface area contributed by atoms with E-state index in [0.29, 0.717) is 17.0 Å². The zero-order valence-electron chi connectivity index (χ0n) is 15.0. The lowest BCUT2D eigenvalue weighted by Gasteiger charge is -2.17. The quantitative estimate of drug-likeness (QED) is 0.716. The van der Waals surface area contributed by atoms with Crippen LogP contribution in [0.4, 0.5) is 11.4 Å². The Morgan fingerprint density at radius 2 is 1.70 bits per heavy atom. The fourth-order valence-electron chi connectivity index (χ4n) is 3.17. The maximum Gasteiger partial charge on any atom is 0.257 e. The molecule has 0 radical (unpaired) electrons. The molecule has 136 valence electrons. The van der Waals surface area contributed by atoms with Crippen molar-refractivity contribution in [3.63, 3.8) is 0 Å². The zero-order valence-corrected chi connectivity index (χ0v) is 15.0. The van der Waals surface area contributed by atoms with Crippen LogP contribution in [0.3, 0.4) is 0 Å². The Kier molecular flexibility index (Phi) is 5.01. The molecule has 4 rings (SSSR count). The number of para-hydroxylation sites is 3. The summed E-state index contributed by atoms with van der Waals surface area (Å²) < 4.78 is 5.91. The van der Waals surface area contributed by atoms with E-state index in [-0.39, 0.29) is 5.91 Å². The summed E-state index contributed by atoms with van der Waals surface area (Å²) in [6.45, 7) is 2.03. The van der Waals surface area contributed by atoms with Gasteiger partial charge >= 0.3 is 0 Å². The molecule has 3 aromatic rings. The maximum atomic E-state index is 12.8. The Bertz CT molecular complexity index is 922. The van der Waals surface area contributed by atoms with E-state index in [0.717, 1.165) is 24.5 Å². The van der Waals surface area contributed by atoms with Gasteiger partial charge in [-0.15, -0.1) is 0 Å². The number of nitrogens with one attached hydrogen (secondary N) is 1. The van der Waals surface area contributed by atoms with Gasteiger partial charge < -0.3 is 15.0 Å². The Balaban J connectivity index is 1.52. The second-order valence-electron chi connectivity index (χ2n) is 6.49. The number of hydrogen-bond donors (Lipinski definition) is 1. The summed E-state index contributed by atoms with van der Waals surface area (Å²) in [5.41, 5.74) is 2.15. The number of benzene rings is 2. The Labute approximate surface area is 158 Å². The number of nitrogens with zero attached hydrogens (tertiary/aromatic N) is 2. The minimum atomic E-state index is -0.201. The van der Waals surface area contributed by atoms with Crippen LogP contribution in [0.5, 0.6) is 11.5 Å². The number of aromatic nitrogens is 1. The third kappa shape index (κ3) is 4.08. The fourth-order valence-corrected chi connectivity index (χ4v) is 3.17. The van der Waals surface area contributed by atoms with Crippen LogP contribution in [0, 0.1) is 0 Å². The highest BCUT2D eigenvalue weighted by Gasteiger charge is 2.16. The third-order valence-corrected chi connectivity index (χ3v) is 4.56. The molecule has 1 saturated heterocycles. The first-order valence-corrected chi connectivity index (χ1v) is 9.13. The highest BCUT2D eigenvalue weighted by Crippen LogP contribution is 2.29. The molecule has 5 heteroatoms. The molecule has 2 aromatic carbocycles. The van der Waals surface area contributed by atoms with Crippen molar-refractivity contribution in [3.05, 3.63) is 78.6 Å². The van der Waals surface area contributed by atoms with Crippen molar-refractivity contribution in [1.29, 1.82) is 0 Å². The minimum absolute atomic E-state index is 0.201. The molecule has 0 unspecified atom stereocenters. The molecular weight excluding hydrogens is 338 g/mol. The highest BCUT2D eigenvalue weighted by molar-refractivity contribution is 6.05. The zero-order chi connectivity index (χ0) is 18.5. The van der Waals surface area contributed by atoms with E-state index in [1.165, 1.54) is 12.8 Å². The van der Waals surface area contributed by atoms with Crippen LogP contribution >= 0.6 is 0 Å². The average Bonchev–Trinajstić information content (AvgIpc) is 3.25. The van der Waals surface area contributed by atoms with Crippen molar-refractivity contribution in [3.8, 4) is 11.5 Å². The molecule has 1 N–H and O–H groups in total. The minimum Gasteiger partial charge on any atom is -0.455 e. The van der Waals surface area contributed by atoms with Crippen molar-refractivity contribution < 1.29 is 9.53 Å². The number of ether oxygens (including phenoxy) is 1. The van der Waals surface area contributed by atoms with Crippen LogP contribution in [0.15, 0.2) is 73.1 Å². The van der Waals surface area contributed by atoms with E-state index in [2.05, 4.69) is 15.2 Å². The summed E-state index contributed by atoms with van der Waals surface area (Å²) in [5.74, 6) is 1.12. The largest absolute Gasteiger partial charge is 0.455 e. The van der Waals surface area contributed by atoms with Crippen LogP contribution in [0.25, 0.3) is 0 Å². The van der Waals surface area contributed by atoms with Crippen LogP contribution in [0.2, 0.25) is 0 Å². The van der Waals surface area contributed by atoms with Crippen LogP contribution in [-0.2, 0) is 0 Å². The van der Waals surface area contributed by atoms with Crippen molar-refractivity contribution >= 4 is 17.3 Å². The van der Waals surface area contributed by atoms with Crippen molar-refractivity contribution in [2.24, 2.45) is 0 Å². The van der Waals surface area contributed by atoms with Crippen molar-refractivity contribution in [2.75, 3.05) is 23.3 Å². The Morgan fingerprint density at radius 3 is 2.52 bits per heavy atom. The standard InChI is InChI=1S/C22H21N3O2/c26-22(17-14-18(16-23-15-17)25-12-6-7-13-25)24-20-10-4-5-11-21(20)27-19-8-2-1-3-9-19/h1-5,8-11,14-16H,6-7,12-13H2,(H,24,26). The summed E-state index contributed by atoms with van der Waals surface area (Å²) in [4.78, 5) is 19.3. The van der Waals surface area contributed by atoms with E-state index < -0.39 is 0 Å². The molecule has 0 aliphatic carbocycles. The van der Waals surface area contributed by atoms with Gasteiger partial charge in [-0.3, -0.25) is 9.78 Å². The SMILES string of the molecule is O=C(Nc1ccccc1Oc1ccccc1)c1cncc(N2CCCC2)c1. The number of pyridine rings is 1. The lowest BCUT2D eigenvalue weighted by molar-refractivity contribution is 0.102. The Hall–Kier alpha value is -3.34. The van der Waals surface area contributed by atoms with Crippen LogP contribution in [-0.4, -0.2) is 24.0 Å². The average molecular weight is 359 g/mol. The number of amides is 1. The third-order valence-electron chi connectivity index (χ3n) is 4.56. The highest BCUT2D eigenvalue weighted by atomic mass is 16.5. The first-order valence-electron chi connectivity index (χ1n) is 9.13. The molecule has 0 saturated carbocycles. The molecule has 5 nitrogen and oxygen atoms in total. The van der Waals surface area contributed by atoms with Gasteiger partial charge in [0, 0.05) is 19.3 Å². The van der Waals surface area contributed by atoms with Gasteiger partial charge in [0.1, 0.15) is 5.75 Å². The molecule has 1 fully saturated rings. The van der Waals surface area contributed by atoms with Gasteiger partial charge in [-0.1, -0.05) is 30.3 Å². The van der Waals surface area contributed by atoms with Gasteiger partial charge in [0.25, 0.3) is 5.91 Å². The van der Waals surface area contributed by atoms with Crippen molar-refractivity contribution in [1.82, 2.24) is 4.98 Å². The number of anilines is 2. The van der Waals surface area contributed by atoms with Gasteiger partial charge in [-0.25, -0.2) is 0 Å². The smallest absolute Gasteiger partial charge is 0.257 e. The molecular formula is C22H21N3O2. The predicted molar refractivity (Wildman–Crippen MR) is 107 cm³/mol. The van der Waals surface area contributed by atoms with E-state index in [9.17, 15) is 4.79 Å². The van der Waals surface area contributed by atoms with E-state index in [1.807, 2.05) is 66.9 Å². The van der Waals surface area contributed by atoms with Gasteiger partial charge in [0.2, 0.25) is 0 Å². The topological polar surface area (TPSA) is 54.5 Å². The first-order chi connectivity index (χ1) is 13.3. The summed E-state index contributed by atoms with van der Waals surface area (Å²) >= 11 is 0. The fraction of sp³-hybridized carbons (Fsp3) is 0.182. The monoisotopic (exact) mass is 359 g/mol. The summed E-state index contributed by atoms with van der Waals surface area (Å²) in [7, 11) is 0. The molecule has 0 atom stereocenters. The van der Waals surface area contributed by atoms with Crippen molar-refractivity contribution in [2.45, 2.75) is 12.8 Å². The normalized spacial score (nSPS) is 13.4.